The summed E-state index contributed by atoms with van der Waals surface area (Å²) in [5, 5.41) is 1.22. The number of hydrogen-bond donors (Lipinski definition) is 1. The summed E-state index contributed by atoms with van der Waals surface area (Å²) < 4.78 is 49.3. The van der Waals surface area contributed by atoms with Gasteiger partial charge in [0.1, 0.15) is 0 Å². The average molecular weight is 264 g/mol. The molecule has 1 heterocycles. The van der Waals surface area contributed by atoms with Crippen molar-refractivity contribution in [2.75, 3.05) is 7.05 Å². The van der Waals surface area contributed by atoms with Gasteiger partial charge in [-0.25, -0.2) is 13.6 Å². The van der Waals surface area contributed by atoms with Gasteiger partial charge in [0.25, 0.3) is 10.0 Å². The minimum absolute atomic E-state index is 0.0917. The molecule has 1 aliphatic heterocycles. The Morgan fingerprint density at radius 2 is 2.00 bits per heavy atom. The molecule has 0 spiro atoms. The highest BCUT2D eigenvalue weighted by molar-refractivity contribution is 7.90. The molecule has 8 heteroatoms. The van der Waals surface area contributed by atoms with E-state index in [9.17, 15) is 17.2 Å². The van der Waals surface area contributed by atoms with Crippen molar-refractivity contribution < 1.29 is 22.0 Å². The minimum Gasteiger partial charge on any atom is -0.405 e. The van der Waals surface area contributed by atoms with Crippen LogP contribution in [0.2, 0.25) is 0 Å². The zero-order valence-corrected chi connectivity index (χ0v) is 9.62. The lowest BCUT2D eigenvalue weighted by atomic mass is 10.1. The number of sulfonamides is 1. The normalized spacial score (nSPS) is 21.1. The Morgan fingerprint density at radius 1 is 1.41 bits per heavy atom. The van der Waals surface area contributed by atoms with Crippen molar-refractivity contribution in [3.63, 3.8) is 0 Å². The molecule has 0 radical (unpaired) electrons. The first-order valence-corrected chi connectivity index (χ1v) is 6.19. The summed E-state index contributed by atoms with van der Waals surface area (Å²) in [4.78, 5) is 5.03. The van der Waals surface area contributed by atoms with Crippen LogP contribution in [0.5, 0.6) is 5.75 Å². The maximum atomic E-state index is 13.7. The highest BCUT2D eigenvalue weighted by Gasteiger charge is 2.57. The van der Waals surface area contributed by atoms with E-state index in [2.05, 4.69) is 5.14 Å². The van der Waals surface area contributed by atoms with E-state index in [0.717, 1.165) is 5.06 Å². The lowest BCUT2D eigenvalue weighted by Gasteiger charge is -2.25. The Hall–Kier alpha value is -1.25. The number of para-hydroxylation sites is 1. The summed E-state index contributed by atoms with van der Waals surface area (Å²) in [6, 6.07) is 4.24. The fourth-order valence-electron chi connectivity index (χ4n) is 1.74. The summed E-state index contributed by atoms with van der Waals surface area (Å²) in [5.74, 6) is 0.198. The zero-order chi connectivity index (χ0) is 12.8. The third-order valence-electron chi connectivity index (χ3n) is 2.52. The van der Waals surface area contributed by atoms with Gasteiger partial charge in [-0.05, 0) is 6.07 Å². The molecule has 1 aliphatic rings. The van der Waals surface area contributed by atoms with Gasteiger partial charge in [-0.2, -0.15) is 8.78 Å². The number of hydrogen-bond acceptors (Lipinski definition) is 4. The summed E-state index contributed by atoms with van der Waals surface area (Å²) >= 11 is 0. The Kier molecular flexibility index (Phi) is 2.60. The summed E-state index contributed by atoms with van der Waals surface area (Å²) in [5.41, 5.74) is 0.0917. The van der Waals surface area contributed by atoms with Crippen molar-refractivity contribution in [1.82, 2.24) is 5.06 Å². The lowest BCUT2D eigenvalue weighted by Crippen LogP contribution is -2.45. The topological polar surface area (TPSA) is 72.6 Å². The molecule has 17 heavy (non-hydrogen) atoms. The van der Waals surface area contributed by atoms with E-state index in [1.807, 2.05) is 0 Å². The quantitative estimate of drug-likeness (QED) is 0.859. The van der Waals surface area contributed by atoms with Crippen LogP contribution in [-0.4, -0.2) is 25.8 Å². The molecular formula is C9H10F2N2O3S. The number of halogens is 2. The Labute approximate surface area is 96.8 Å². The third-order valence-corrected chi connectivity index (χ3v) is 3.50. The standard InChI is InChI=1S/C9H10F2N2O3S/c1-13-8(9(10,11)17(12,14)15)6-4-2-3-5-7(6)16-13/h2-5,8H,1H3,(H2,12,14,15). The Bertz CT molecular complexity index is 547. The summed E-state index contributed by atoms with van der Waals surface area (Å²) in [6.07, 6.45) is 0. The molecule has 2 N–H and O–H groups in total. The van der Waals surface area contributed by atoms with Crippen LogP contribution in [0, 0.1) is 0 Å². The molecule has 0 amide bonds. The second-order valence-corrected chi connectivity index (χ2v) is 5.32. The molecule has 1 aromatic rings. The van der Waals surface area contributed by atoms with Gasteiger partial charge >= 0.3 is 5.25 Å². The monoisotopic (exact) mass is 264 g/mol. The van der Waals surface area contributed by atoms with E-state index in [-0.39, 0.29) is 11.3 Å². The molecule has 0 saturated heterocycles. The van der Waals surface area contributed by atoms with Crippen molar-refractivity contribution in [1.29, 1.82) is 0 Å². The maximum absolute atomic E-state index is 13.7. The highest BCUT2D eigenvalue weighted by Crippen LogP contribution is 2.46. The molecule has 0 aromatic heterocycles. The Balaban J connectivity index is 2.54. The number of rotatable bonds is 2. The minimum atomic E-state index is -5.02. The number of nitrogens with two attached hydrogens (primary N) is 1. The predicted molar refractivity (Wildman–Crippen MR) is 55.6 cm³/mol. The van der Waals surface area contributed by atoms with Crippen molar-refractivity contribution >= 4 is 10.0 Å². The highest BCUT2D eigenvalue weighted by atomic mass is 32.2. The number of benzene rings is 1. The summed E-state index contributed by atoms with van der Waals surface area (Å²) in [7, 11) is -3.79. The number of nitrogens with zero attached hydrogens (tertiary/aromatic N) is 1. The van der Waals surface area contributed by atoms with Gasteiger partial charge in [0.05, 0.1) is 0 Å². The number of fused-ring (bicyclic) bond motifs is 1. The van der Waals surface area contributed by atoms with E-state index in [1.54, 1.807) is 6.07 Å². The van der Waals surface area contributed by atoms with Gasteiger partial charge in [-0.3, -0.25) is 0 Å². The zero-order valence-electron chi connectivity index (χ0n) is 8.80. The summed E-state index contributed by atoms with van der Waals surface area (Å²) in [6.45, 7) is 0. The van der Waals surface area contributed by atoms with Crippen LogP contribution in [0.3, 0.4) is 0 Å². The average Bonchev–Trinajstić information content (AvgIpc) is 2.51. The van der Waals surface area contributed by atoms with E-state index in [4.69, 9.17) is 4.84 Å². The van der Waals surface area contributed by atoms with E-state index in [1.165, 1.54) is 25.2 Å². The third kappa shape index (κ3) is 1.78. The molecular weight excluding hydrogens is 254 g/mol. The van der Waals surface area contributed by atoms with Crippen LogP contribution in [0.1, 0.15) is 11.6 Å². The van der Waals surface area contributed by atoms with Crippen LogP contribution >= 0.6 is 0 Å². The number of alkyl halides is 2. The maximum Gasteiger partial charge on any atom is 0.381 e. The first-order valence-electron chi connectivity index (χ1n) is 4.65. The first-order chi connectivity index (χ1) is 7.75. The molecule has 0 aliphatic carbocycles. The first kappa shape index (κ1) is 12.2. The van der Waals surface area contributed by atoms with Crippen molar-refractivity contribution in [3.8, 4) is 5.75 Å². The fraction of sp³-hybridized carbons (Fsp3) is 0.333. The predicted octanol–water partition coefficient (Wildman–Crippen LogP) is 0.848. The molecule has 1 aromatic carbocycles. The fourth-order valence-corrected chi connectivity index (χ4v) is 2.33. The van der Waals surface area contributed by atoms with Crippen LogP contribution in [0.15, 0.2) is 24.3 Å². The number of primary sulfonamides is 1. The Morgan fingerprint density at radius 3 is 2.59 bits per heavy atom. The van der Waals surface area contributed by atoms with Crippen LogP contribution < -0.4 is 9.98 Å². The van der Waals surface area contributed by atoms with Gasteiger partial charge in [0, 0.05) is 12.6 Å². The van der Waals surface area contributed by atoms with Crippen LogP contribution in [0.25, 0.3) is 0 Å². The molecule has 1 unspecified atom stereocenters. The smallest absolute Gasteiger partial charge is 0.381 e. The van der Waals surface area contributed by atoms with Crippen molar-refractivity contribution in [2.45, 2.75) is 11.3 Å². The molecule has 1 atom stereocenters. The van der Waals surface area contributed by atoms with Crippen molar-refractivity contribution in [3.05, 3.63) is 29.8 Å². The molecule has 2 rings (SSSR count). The number of hydroxylamine groups is 2. The van der Waals surface area contributed by atoms with Crippen molar-refractivity contribution in [2.24, 2.45) is 5.14 Å². The molecule has 94 valence electrons. The van der Waals surface area contributed by atoms with E-state index >= 15 is 0 Å². The second-order valence-electron chi connectivity index (χ2n) is 3.68. The van der Waals surface area contributed by atoms with Crippen LogP contribution in [-0.2, 0) is 10.0 Å². The largest absolute Gasteiger partial charge is 0.405 e. The second kappa shape index (κ2) is 3.62. The SMILES string of the molecule is CN1Oc2ccccc2C1C(F)(F)S(N)(=O)=O. The van der Waals surface area contributed by atoms with Gasteiger partial charge in [0.2, 0.25) is 0 Å². The molecule has 0 saturated carbocycles. The van der Waals surface area contributed by atoms with Gasteiger partial charge in [-0.1, -0.05) is 18.2 Å². The van der Waals surface area contributed by atoms with E-state index in [0.29, 0.717) is 0 Å². The van der Waals surface area contributed by atoms with E-state index < -0.39 is 21.3 Å². The molecule has 0 bridgehead atoms. The molecule has 0 fully saturated rings. The van der Waals surface area contributed by atoms with Gasteiger partial charge < -0.3 is 4.84 Å². The van der Waals surface area contributed by atoms with Gasteiger partial charge in [0.15, 0.2) is 11.8 Å². The molecule has 5 nitrogen and oxygen atoms in total. The van der Waals surface area contributed by atoms with Gasteiger partial charge in [-0.15, -0.1) is 5.06 Å². The van der Waals surface area contributed by atoms with Crippen LogP contribution in [0.4, 0.5) is 8.78 Å². The lowest BCUT2D eigenvalue weighted by molar-refractivity contribution is -0.111.